The summed E-state index contributed by atoms with van der Waals surface area (Å²) < 4.78 is 0. The molecular formula is C12H19N5OS. The van der Waals surface area contributed by atoms with Crippen molar-refractivity contribution in [1.29, 1.82) is 0 Å². The molecule has 6 nitrogen and oxygen atoms in total. The van der Waals surface area contributed by atoms with Crippen LogP contribution in [-0.4, -0.2) is 48.8 Å². The van der Waals surface area contributed by atoms with Crippen LogP contribution in [0.25, 0.3) is 0 Å². The zero-order valence-corrected chi connectivity index (χ0v) is 12.3. The van der Waals surface area contributed by atoms with Crippen LogP contribution in [-0.2, 0) is 4.79 Å². The molecule has 2 N–H and O–H groups in total. The SMILES string of the molecule is CNc1cc(N(C)CC(=O)NC2CC2)nc(SC)n1. The van der Waals surface area contributed by atoms with Gasteiger partial charge in [0.05, 0.1) is 6.54 Å². The minimum atomic E-state index is 0.0420. The van der Waals surface area contributed by atoms with Gasteiger partial charge in [0.2, 0.25) is 5.91 Å². The Morgan fingerprint density at radius 3 is 2.84 bits per heavy atom. The Balaban J connectivity index is 2.03. The first-order chi connectivity index (χ1) is 9.12. The van der Waals surface area contributed by atoms with E-state index in [1.54, 1.807) is 0 Å². The summed E-state index contributed by atoms with van der Waals surface area (Å²) in [5, 5.41) is 6.66. The number of hydrogen-bond acceptors (Lipinski definition) is 6. The number of aromatic nitrogens is 2. The number of thioether (sulfide) groups is 1. The summed E-state index contributed by atoms with van der Waals surface area (Å²) in [4.78, 5) is 22.3. The van der Waals surface area contributed by atoms with Crippen molar-refractivity contribution in [3.8, 4) is 0 Å². The molecule has 1 aromatic heterocycles. The first kappa shape index (κ1) is 13.9. The maximum absolute atomic E-state index is 11.8. The Kier molecular flexibility index (Phi) is 4.47. The summed E-state index contributed by atoms with van der Waals surface area (Å²) in [5.74, 6) is 1.54. The molecular weight excluding hydrogens is 262 g/mol. The van der Waals surface area contributed by atoms with Gasteiger partial charge in [-0.3, -0.25) is 4.79 Å². The summed E-state index contributed by atoms with van der Waals surface area (Å²) in [6.07, 6.45) is 4.13. The molecule has 0 saturated heterocycles. The monoisotopic (exact) mass is 281 g/mol. The molecule has 0 spiro atoms. The van der Waals surface area contributed by atoms with Gasteiger partial charge in [0.15, 0.2) is 5.16 Å². The lowest BCUT2D eigenvalue weighted by Gasteiger charge is -2.18. The summed E-state index contributed by atoms with van der Waals surface area (Å²) in [5.41, 5.74) is 0. The molecule has 1 fully saturated rings. The molecule has 0 atom stereocenters. The molecule has 0 radical (unpaired) electrons. The third kappa shape index (κ3) is 3.99. The van der Waals surface area contributed by atoms with Crippen molar-refractivity contribution in [2.75, 3.05) is 37.1 Å². The number of likely N-dealkylation sites (N-methyl/N-ethyl adjacent to an activating group) is 1. The highest BCUT2D eigenvalue weighted by Crippen LogP contribution is 2.20. The molecule has 1 aliphatic carbocycles. The van der Waals surface area contributed by atoms with Crippen LogP contribution in [0.15, 0.2) is 11.2 Å². The smallest absolute Gasteiger partial charge is 0.239 e. The van der Waals surface area contributed by atoms with Crippen molar-refractivity contribution in [3.63, 3.8) is 0 Å². The molecule has 0 bridgehead atoms. The van der Waals surface area contributed by atoms with E-state index < -0.39 is 0 Å². The molecule has 1 saturated carbocycles. The Hall–Kier alpha value is -1.50. The first-order valence-corrected chi connectivity index (χ1v) is 7.46. The highest BCUT2D eigenvalue weighted by molar-refractivity contribution is 7.98. The number of amides is 1. The van der Waals surface area contributed by atoms with E-state index in [4.69, 9.17) is 0 Å². The van der Waals surface area contributed by atoms with E-state index in [9.17, 15) is 4.79 Å². The molecule has 0 unspecified atom stereocenters. The van der Waals surface area contributed by atoms with Crippen LogP contribution in [0, 0.1) is 0 Å². The Morgan fingerprint density at radius 2 is 2.26 bits per heavy atom. The molecule has 2 rings (SSSR count). The van der Waals surface area contributed by atoms with Crippen LogP contribution in [0.5, 0.6) is 0 Å². The van der Waals surface area contributed by atoms with E-state index in [1.807, 2.05) is 31.3 Å². The molecule has 19 heavy (non-hydrogen) atoms. The molecule has 1 aliphatic rings. The maximum atomic E-state index is 11.8. The normalized spacial score (nSPS) is 14.1. The number of carbonyl (C=O) groups excluding carboxylic acids is 1. The van der Waals surface area contributed by atoms with Crippen LogP contribution in [0.3, 0.4) is 0 Å². The fourth-order valence-corrected chi connectivity index (χ4v) is 2.00. The van der Waals surface area contributed by atoms with Crippen LogP contribution in [0.1, 0.15) is 12.8 Å². The maximum Gasteiger partial charge on any atom is 0.239 e. The minimum absolute atomic E-state index is 0.0420. The number of anilines is 2. The Bertz CT molecular complexity index is 441. The van der Waals surface area contributed by atoms with Gasteiger partial charge in [0.1, 0.15) is 11.6 Å². The zero-order valence-electron chi connectivity index (χ0n) is 11.4. The van der Waals surface area contributed by atoms with Crippen molar-refractivity contribution < 1.29 is 4.79 Å². The highest BCUT2D eigenvalue weighted by Gasteiger charge is 2.23. The zero-order chi connectivity index (χ0) is 13.8. The predicted octanol–water partition coefficient (Wildman–Crippen LogP) is 0.955. The lowest BCUT2D eigenvalue weighted by molar-refractivity contribution is -0.119. The van der Waals surface area contributed by atoms with Crippen LogP contribution >= 0.6 is 11.8 Å². The highest BCUT2D eigenvalue weighted by atomic mass is 32.2. The fraction of sp³-hybridized carbons (Fsp3) is 0.583. The topological polar surface area (TPSA) is 70.2 Å². The summed E-state index contributed by atoms with van der Waals surface area (Å²) >= 11 is 1.48. The molecule has 1 aromatic rings. The van der Waals surface area contributed by atoms with Crippen molar-refractivity contribution in [2.24, 2.45) is 0 Å². The van der Waals surface area contributed by atoms with Gasteiger partial charge in [0, 0.05) is 26.2 Å². The van der Waals surface area contributed by atoms with Crippen molar-refractivity contribution in [2.45, 2.75) is 24.0 Å². The summed E-state index contributed by atoms with van der Waals surface area (Å²) in [7, 11) is 3.67. The third-order valence-electron chi connectivity index (χ3n) is 2.85. The largest absolute Gasteiger partial charge is 0.373 e. The lowest BCUT2D eigenvalue weighted by atomic mass is 10.4. The van der Waals surface area contributed by atoms with Crippen molar-refractivity contribution >= 4 is 29.3 Å². The second kappa shape index (κ2) is 6.10. The van der Waals surface area contributed by atoms with Crippen molar-refractivity contribution in [1.82, 2.24) is 15.3 Å². The quantitative estimate of drug-likeness (QED) is 0.598. The van der Waals surface area contributed by atoms with Gasteiger partial charge in [-0.15, -0.1) is 0 Å². The fourth-order valence-electron chi connectivity index (χ4n) is 1.63. The van der Waals surface area contributed by atoms with Crippen molar-refractivity contribution in [3.05, 3.63) is 6.07 Å². The standard InChI is InChI=1S/C12H19N5OS/c1-13-9-6-10(16-12(15-9)19-3)17(2)7-11(18)14-8-4-5-8/h6,8H,4-5,7H2,1-3H3,(H,14,18)(H,13,15,16). The third-order valence-corrected chi connectivity index (χ3v) is 3.39. The summed E-state index contributed by atoms with van der Waals surface area (Å²) in [6.45, 7) is 0.310. The summed E-state index contributed by atoms with van der Waals surface area (Å²) in [6, 6.07) is 2.23. The van der Waals surface area contributed by atoms with Gasteiger partial charge in [0.25, 0.3) is 0 Å². The number of nitrogens with one attached hydrogen (secondary N) is 2. The first-order valence-electron chi connectivity index (χ1n) is 6.23. The van der Waals surface area contributed by atoms with E-state index >= 15 is 0 Å². The van der Waals surface area contributed by atoms with Gasteiger partial charge >= 0.3 is 0 Å². The molecule has 0 aliphatic heterocycles. The molecule has 0 aromatic carbocycles. The van der Waals surface area contributed by atoms with Gasteiger partial charge in [-0.2, -0.15) is 0 Å². The number of rotatable bonds is 6. The predicted molar refractivity (Wildman–Crippen MR) is 77.8 cm³/mol. The van der Waals surface area contributed by atoms with E-state index in [2.05, 4.69) is 20.6 Å². The molecule has 1 amide bonds. The minimum Gasteiger partial charge on any atom is -0.373 e. The molecule has 7 heteroatoms. The average Bonchev–Trinajstić information content (AvgIpc) is 3.21. The van der Waals surface area contributed by atoms with Gasteiger partial charge < -0.3 is 15.5 Å². The molecule has 1 heterocycles. The van der Waals surface area contributed by atoms with Gasteiger partial charge in [-0.25, -0.2) is 9.97 Å². The second-order valence-electron chi connectivity index (χ2n) is 4.55. The molecule has 104 valence electrons. The van der Waals surface area contributed by atoms with E-state index in [1.165, 1.54) is 11.8 Å². The number of carbonyl (C=O) groups is 1. The van der Waals surface area contributed by atoms with Crippen LogP contribution in [0.4, 0.5) is 11.6 Å². The van der Waals surface area contributed by atoms with Crippen LogP contribution in [0.2, 0.25) is 0 Å². The number of hydrogen-bond donors (Lipinski definition) is 2. The van der Waals surface area contributed by atoms with Gasteiger partial charge in [-0.1, -0.05) is 11.8 Å². The second-order valence-corrected chi connectivity index (χ2v) is 5.32. The van der Waals surface area contributed by atoms with E-state index in [0.29, 0.717) is 17.7 Å². The Labute approximate surface area is 117 Å². The van der Waals surface area contributed by atoms with Gasteiger partial charge in [-0.05, 0) is 19.1 Å². The van der Waals surface area contributed by atoms with Crippen LogP contribution < -0.4 is 15.5 Å². The van der Waals surface area contributed by atoms with E-state index in [-0.39, 0.29) is 5.91 Å². The number of nitrogens with zero attached hydrogens (tertiary/aromatic N) is 3. The lowest BCUT2D eigenvalue weighted by Crippen LogP contribution is -2.36. The average molecular weight is 281 g/mol. The van der Waals surface area contributed by atoms with E-state index in [0.717, 1.165) is 24.5 Å². The Morgan fingerprint density at radius 1 is 1.53 bits per heavy atom.